The predicted octanol–water partition coefficient (Wildman–Crippen LogP) is 5.94. The lowest BCUT2D eigenvalue weighted by molar-refractivity contribution is -0.147. The summed E-state index contributed by atoms with van der Waals surface area (Å²) in [5.74, 6) is -3.71. The summed E-state index contributed by atoms with van der Waals surface area (Å²) in [5, 5.41) is 0. The van der Waals surface area contributed by atoms with Crippen LogP contribution in [-0.2, 0) is 28.5 Å². The van der Waals surface area contributed by atoms with Crippen molar-refractivity contribution in [3.8, 4) is 22.6 Å². The van der Waals surface area contributed by atoms with Gasteiger partial charge in [-0.15, -0.1) is 0 Å². The van der Waals surface area contributed by atoms with Crippen LogP contribution in [-0.4, -0.2) is 49.4 Å². The van der Waals surface area contributed by atoms with Gasteiger partial charge in [-0.25, -0.2) is 28.8 Å². The Morgan fingerprint density at radius 1 is 0.520 bits per heavy atom. The second-order valence-corrected chi connectivity index (χ2v) is 10.6. The third-order valence-electron chi connectivity index (χ3n) is 7.52. The van der Waals surface area contributed by atoms with E-state index in [1.807, 2.05) is 19.1 Å². The molecule has 4 aromatic carbocycles. The van der Waals surface area contributed by atoms with Crippen molar-refractivity contribution in [1.29, 1.82) is 0 Å². The Balaban J connectivity index is 1.18. The molecule has 0 radical (unpaired) electrons. The van der Waals surface area contributed by atoms with E-state index in [1.54, 1.807) is 24.3 Å². The zero-order chi connectivity index (χ0) is 35.8. The van der Waals surface area contributed by atoms with E-state index < -0.39 is 49.4 Å². The van der Waals surface area contributed by atoms with E-state index in [0.717, 1.165) is 34.4 Å². The van der Waals surface area contributed by atoms with E-state index in [0.29, 0.717) is 11.5 Å². The van der Waals surface area contributed by atoms with Crippen molar-refractivity contribution in [2.24, 2.45) is 0 Å². The first-order valence-electron chi connectivity index (χ1n) is 14.9. The Hall–Kier alpha value is -6.82. The van der Waals surface area contributed by atoms with Crippen molar-refractivity contribution < 1.29 is 57.2 Å². The van der Waals surface area contributed by atoms with Crippen LogP contribution in [0.5, 0.6) is 11.5 Å². The van der Waals surface area contributed by atoms with Crippen LogP contribution in [0, 0.1) is 0 Å². The molecular formula is C38H28O12. The zero-order valence-corrected chi connectivity index (χ0v) is 26.5. The summed E-state index contributed by atoms with van der Waals surface area (Å²) in [5.41, 5.74) is 4.38. The lowest BCUT2D eigenvalue weighted by Crippen LogP contribution is -2.12. The molecule has 0 aromatic heterocycles. The summed E-state index contributed by atoms with van der Waals surface area (Å²) in [6, 6.07) is 21.8. The normalized spacial score (nSPS) is 11.2. The fourth-order valence-electron chi connectivity index (χ4n) is 4.97. The summed E-state index contributed by atoms with van der Waals surface area (Å²) in [7, 11) is 0. The van der Waals surface area contributed by atoms with Crippen LogP contribution in [0.25, 0.3) is 11.1 Å². The molecule has 0 fully saturated rings. The van der Waals surface area contributed by atoms with E-state index in [-0.39, 0.29) is 28.2 Å². The fraction of sp³-hybridized carbons (Fsp3) is 0.105. The highest BCUT2D eigenvalue weighted by molar-refractivity contribution is 5.95. The number of carbonyl (C=O) groups excluding carboxylic acids is 6. The molecule has 0 unspecified atom stereocenters. The molecule has 5 rings (SSSR count). The van der Waals surface area contributed by atoms with Gasteiger partial charge in [-0.3, -0.25) is 0 Å². The van der Waals surface area contributed by atoms with Gasteiger partial charge in [0.25, 0.3) is 0 Å². The van der Waals surface area contributed by atoms with Crippen LogP contribution in [0.2, 0.25) is 0 Å². The molecule has 252 valence electrons. The molecule has 0 spiro atoms. The van der Waals surface area contributed by atoms with Crippen molar-refractivity contribution in [1.82, 2.24) is 0 Å². The molecule has 0 heterocycles. The minimum Gasteiger partial charge on any atom is -0.425 e. The van der Waals surface area contributed by atoms with Crippen LogP contribution in [0.4, 0.5) is 0 Å². The highest BCUT2D eigenvalue weighted by Gasteiger charge is 2.27. The van der Waals surface area contributed by atoms with Crippen LogP contribution in [0.1, 0.15) is 65.4 Å². The quantitative estimate of drug-likeness (QED) is 0.0753. The first-order chi connectivity index (χ1) is 24.1. The lowest BCUT2D eigenvalue weighted by atomic mass is 9.99. The molecular weight excluding hydrogens is 648 g/mol. The number of fused-ring (bicyclic) bond motifs is 3. The van der Waals surface area contributed by atoms with E-state index in [9.17, 15) is 28.8 Å². The van der Waals surface area contributed by atoms with E-state index >= 15 is 0 Å². The SMILES string of the molecule is C=CC(=O)OCOC(=O)c1ccc(C(=O)Oc2ccc3c(c2)C(C)c2cc(OC(=O)c4ccc(C(=O)OCOC(=O)C=C)cc4)ccc2-3)cc1. The Kier molecular flexibility index (Phi) is 10.6. The number of esters is 6. The number of ether oxygens (including phenoxy) is 6. The summed E-state index contributed by atoms with van der Waals surface area (Å²) in [6.07, 6.45) is 1.88. The monoisotopic (exact) mass is 676 g/mol. The molecule has 0 aliphatic heterocycles. The van der Waals surface area contributed by atoms with Gasteiger partial charge >= 0.3 is 35.8 Å². The summed E-state index contributed by atoms with van der Waals surface area (Å²) >= 11 is 0. The second-order valence-electron chi connectivity index (χ2n) is 10.6. The third-order valence-corrected chi connectivity index (χ3v) is 7.52. The Bertz CT molecular complexity index is 1860. The van der Waals surface area contributed by atoms with Gasteiger partial charge in [-0.05, 0) is 95.1 Å². The molecule has 1 aliphatic carbocycles. The van der Waals surface area contributed by atoms with Gasteiger partial charge in [0, 0.05) is 18.1 Å². The fourth-order valence-corrected chi connectivity index (χ4v) is 4.97. The lowest BCUT2D eigenvalue weighted by Gasteiger charge is -2.10. The molecule has 0 atom stereocenters. The van der Waals surface area contributed by atoms with Gasteiger partial charge in [0.15, 0.2) is 0 Å². The second kappa shape index (κ2) is 15.4. The number of hydrogen-bond donors (Lipinski definition) is 0. The maximum absolute atomic E-state index is 12.9. The van der Waals surface area contributed by atoms with E-state index in [1.165, 1.54) is 48.5 Å². The van der Waals surface area contributed by atoms with Gasteiger partial charge in [0.1, 0.15) is 11.5 Å². The van der Waals surface area contributed by atoms with Gasteiger partial charge < -0.3 is 28.4 Å². The van der Waals surface area contributed by atoms with Crippen LogP contribution in [0.15, 0.2) is 110 Å². The molecule has 12 heteroatoms. The molecule has 50 heavy (non-hydrogen) atoms. The molecule has 12 nitrogen and oxygen atoms in total. The summed E-state index contributed by atoms with van der Waals surface area (Å²) < 4.78 is 30.2. The topological polar surface area (TPSA) is 158 Å². The van der Waals surface area contributed by atoms with E-state index in [4.69, 9.17) is 18.9 Å². The van der Waals surface area contributed by atoms with Gasteiger partial charge in [-0.1, -0.05) is 32.2 Å². The molecule has 4 aromatic rings. The zero-order valence-electron chi connectivity index (χ0n) is 26.5. The maximum atomic E-state index is 12.9. The molecule has 0 saturated heterocycles. The highest BCUT2D eigenvalue weighted by Crippen LogP contribution is 2.47. The Morgan fingerprint density at radius 3 is 1.20 bits per heavy atom. The van der Waals surface area contributed by atoms with Crippen LogP contribution >= 0.6 is 0 Å². The predicted molar refractivity (Wildman–Crippen MR) is 175 cm³/mol. The number of rotatable bonds is 12. The molecule has 0 N–H and O–H groups in total. The first-order valence-corrected chi connectivity index (χ1v) is 14.9. The summed E-state index contributed by atoms with van der Waals surface area (Å²) in [6.45, 7) is 7.33. The molecule has 0 amide bonds. The number of benzene rings is 4. The largest absolute Gasteiger partial charge is 0.425 e. The van der Waals surface area contributed by atoms with Crippen molar-refractivity contribution in [2.75, 3.05) is 13.6 Å². The molecule has 1 aliphatic rings. The highest BCUT2D eigenvalue weighted by atomic mass is 16.7. The van der Waals surface area contributed by atoms with Gasteiger partial charge in [0.05, 0.1) is 22.3 Å². The van der Waals surface area contributed by atoms with Crippen molar-refractivity contribution in [3.63, 3.8) is 0 Å². The average Bonchev–Trinajstić information content (AvgIpc) is 3.41. The smallest absolute Gasteiger partial charge is 0.343 e. The minimum absolute atomic E-state index is 0.121. The van der Waals surface area contributed by atoms with Crippen molar-refractivity contribution >= 4 is 35.8 Å². The van der Waals surface area contributed by atoms with E-state index in [2.05, 4.69) is 22.6 Å². The molecule has 0 saturated carbocycles. The molecule has 0 bridgehead atoms. The summed E-state index contributed by atoms with van der Waals surface area (Å²) in [4.78, 5) is 72.1. The van der Waals surface area contributed by atoms with Crippen molar-refractivity contribution in [3.05, 3.63) is 144 Å². The third kappa shape index (κ3) is 8.00. The first kappa shape index (κ1) is 34.5. The number of hydrogen-bond acceptors (Lipinski definition) is 12. The van der Waals surface area contributed by atoms with Crippen molar-refractivity contribution in [2.45, 2.75) is 12.8 Å². The van der Waals surface area contributed by atoms with Gasteiger partial charge in [0.2, 0.25) is 13.6 Å². The average molecular weight is 677 g/mol. The Morgan fingerprint density at radius 2 is 0.860 bits per heavy atom. The van der Waals surface area contributed by atoms with Crippen LogP contribution < -0.4 is 9.47 Å². The maximum Gasteiger partial charge on any atom is 0.343 e. The minimum atomic E-state index is -0.743. The van der Waals surface area contributed by atoms with Crippen LogP contribution in [0.3, 0.4) is 0 Å². The Labute approximate surface area is 285 Å². The van der Waals surface area contributed by atoms with Gasteiger partial charge in [-0.2, -0.15) is 0 Å². The standard InChI is InChI=1S/C38H28O12/c1-4-33(39)45-20-47-35(41)23-6-10-25(11-7-23)37(43)49-27-14-16-29-30-17-15-28(19-32(30)22(3)31(29)18-27)50-38(44)26-12-8-24(9-13-26)36(42)48-21-46-34(40)5-2/h4-19,22H,1-2,20-21H2,3H3. The number of carbonyl (C=O) groups is 6.